The van der Waals surface area contributed by atoms with Crippen LogP contribution in [0.25, 0.3) is 0 Å². The van der Waals surface area contributed by atoms with Gasteiger partial charge in [-0.15, -0.1) is 0 Å². The monoisotopic (exact) mass is 410 g/mol. The van der Waals surface area contributed by atoms with Crippen LogP contribution in [-0.2, 0) is 24.2 Å². The average molecular weight is 410 g/mol. The Bertz CT molecular complexity index is 690. The molecule has 1 aromatic rings. The number of hydrogen-bond acceptors (Lipinski definition) is 3. The number of alkyl halides is 9. The third-order valence-electron chi connectivity index (χ3n) is 2.96. The summed E-state index contributed by atoms with van der Waals surface area (Å²) in [6, 6.07) is 0. The number of hydrogen-bond donors (Lipinski definition) is 0. The van der Waals surface area contributed by atoms with Crippen LogP contribution in [0.15, 0.2) is 12.4 Å². The number of rotatable bonds is 3. The minimum absolute atomic E-state index is 1.27. The molecule has 0 aromatic carbocycles. The average Bonchev–Trinajstić information content (AvgIpc) is 2.68. The van der Waals surface area contributed by atoms with Crippen LogP contribution in [0.5, 0.6) is 0 Å². The van der Waals surface area contributed by atoms with Gasteiger partial charge in [-0.3, -0.25) is 0 Å². The van der Waals surface area contributed by atoms with E-state index < -0.39 is 33.4 Å². The van der Waals surface area contributed by atoms with Crippen molar-refractivity contribution in [2.45, 2.75) is 30.2 Å². The fourth-order valence-electron chi connectivity index (χ4n) is 1.18. The standard InChI is InChI=1S/C6H11N2.C4HF9O3S/c1-6-7(2)4-5-8(6)3;5-1(6,3(9,10)11)2(7,8)4(12,13)17(14,15)16/h4-5H,1-3H3;(H,14,15,16)/q+1;/p-1. The number of nitrogens with zero attached hydrogens (tertiary/aromatic N) is 2. The molecule has 0 bridgehead atoms. The molecule has 0 aliphatic carbocycles. The number of aromatic nitrogens is 2. The molecule has 0 atom stereocenters. The van der Waals surface area contributed by atoms with Gasteiger partial charge in [0.15, 0.2) is 10.1 Å². The Labute approximate surface area is 135 Å². The van der Waals surface area contributed by atoms with E-state index in [0.29, 0.717) is 0 Å². The van der Waals surface area contributed by atoms with Gasteiger partial charge in [-0.2, -0.15) is 39.5 Å². The summed E-state index contributed by atoms with van der Waals surface area (Å²) >= 11 is 0. The van der Waals surface area contributed by atoms with Gasteiger partial charge >= 0.3 is 23.3 Å². The lowest BCUT2D eigenvalue weighted by Gasteiger charge is -2.34. The maximum atomic E-state index is 12.2. The predicted octanol–water partition coefficient (Wildman–Crippen LogP) is 2.12. The van der Waals surface area contributed by atoms with Gasteiger partial charge in [0.25, 0.3) is 5.82 Å². The van der Waals surface area contributed by atoms with Crippen LogP contribution in [-0.4, -0.2) is 40.8 Å². The van der Waals surface area contributed by atoms with Gasteiger partial charge in [-0.1, -0.05) is 0 Å². The molecular formula is C10H11F9N2O3S. The third kappa shape index (κ3) is 4.19. The van der Waals surface area contributed by atoms with E-state index in [1.54, 1.807) is 0 Å². The minimum Gasteiger partial charge on any atom is -0.743 e. The summed E-state index contributed by atoms with van der Waals surface area (Å²) in [6.45, 7) is 2.08. The lowest BCUT2D eigenvalue weighted by Crippen LogP contribution is -2.63. The van der Waals surface area contributed by atoms with Crippen molar-refractivity contribution >= 4 is 10.1 Å². The molecule has 5 nitrogen and oxygen atoms in total. The summed E-state index contributed by atoms with van der Waals surface area (Å²) in [5, 5.41) is -7.11. The van der Waals surface area contributed by atoms with E-state index in [1.807, 2.05) is 26.5 Å². The highest BCUT2D eigenvalue weighted by molar-refractivity contribution is 7.86. The Hall–Kier alpha value is -1.51. The van der Waals surface area contributed by atoms with Gasteiger partial charge in [0.1, 0.15) is 12.4 Å². The van der Waals surface area contributed by atoms with Crippen molar-refractivity contribution in [3.8, 4) is 0 Å². The summed E-state index contributed by atoms with van der Waals surface area (Å²) in [5.41, 5.74) is 0. The maximum Gasteiger partial charge on any atom is 0.460 e. The van der Waals surface area contributed by atoms with Crippen LogP contribution in [0.1, 0.15) is 5.82 Å². The van der Waals surface area contributed by atoms with E-state index in [4.69, 9.17) is 0 Å². The van der Waals surface area contributed by atoms with Crippen molar-refractivity contribution in [1.29, 1.82) is 0 Å². The topological polar surface area (TPSA) is 66.0 Å². The van der Waals surface area contributed by atoms with Crippen LogP contribution in [0.3, 0.4) is 0 Å². The first-order valence-electron chi connectivity index (χ1n) is 5.85. The fourth-order valence-corrected chi connectivity index (χ4v) is 1.62. The summed E-state index contributed by atoms with van der Waals surface area (Å²) < 4.78 is 140. The molecule has 1 heterocycles. The van der Waals surface area contributed by atoms with Crippen molar-refractivity contribution < 1.29 is 57.1 Å². The van der Waals surface area contributed by atoms with Gasteiger partial charge in [0, 0.05) is 6.92 Å². The second-order valence-electron chi connectivity index (χ2n) is 4.68. The van der Waals surface area contributed by atoms with Gasteiger partial charge in [0.2, 0.25) is 0 Å². The van der Waals surface area contributed by atoms with E-state index in [-0.39, 0.29) is 0 Å². The molecule has 0 N–H and O–H groups in total. The van der Waals surface area contributed by atoms with Gasteiger partial charge < -0.3 is 4.55 Å². The number of aryl methyl sites for hydroxylation is 2. The van der Waals surface area contributed by atoms with Crippen LogP contribution < -0.4 is 4.57 Å². The van der Waals surface area contributed by atoms with Crippen molar-refractivity contribution in [3.63, 3.8) is 0 Å². The van der Waals surface area contributed by atoms with E-state index in [0.717, 1.165) is 0 Å². The Kier molecular flexibility index (Phi) is 6.26. The predicted molar refractivity (Wildman–Crippen MR) is 61.9 cm³/mol. The smallest absolute Gasteiger partial charge is 0.460 e. The third-order valence-corrected chi connectivity index (χ3v) is 3.85. The summed E-state index contributed by atoms with van der Waals surface area (Å²) in [5.74, 6) is -13.6. The molecule has 0 saturated carbocycles. The molecule has 1 aromatic heterocycles. The molecule has 0 radical (unpaired) electrons. The van der Waals surface area contributed by atoms with Crippen molar-refractivity contribution in [3.05, 3.63) is 18.2 Å². The second-order valence-corrected chi connectivity index (χ2v) is 6.11. The summed E-state index contributed by atoms with van der Waals surface area (Å²) in [6.07, 6.45) is -3.09. The first kappa shape index (κ1) is 23.5. The first-order chi connectivity index (χ1) is 10.7. The molecule has 15 heteroatoms. The van der Waals surface area contributed by atoms with Crippen LogP contribution in [0.2, 0.25) is 0 Å². The number of imidazole rings is 1. The molecule has 1 rings (SSSR count). The van der Waals surface area contributed by atoms with Gasteiger partial charge in [-0.05, 0) is 0 Å². The van der Waals surface area contributed by atoms with Gasteiger partial charge in [0.05, 0.1) is 14.1 Å². The van der Waals surface area contributed by atoms with Gasteiger partial charge in [-0.25, -0.2) is 17.6 Å². The number of halogens is 9. The first-order valence-corrected chi connectivity index (χ1v) is 7.25. The van der Waals surface area contributed by atoms with Crippen LogP contribution >= 0.6 is 0 Å². The lowest BCUT2D eigenvalue weighted by atomic mass is 10.1. The van der Waals surface area contributed by atoms with Crippen molar-refractivity contribution in [2.24, 2.45) is 14.1 Å². The SMILES string of the molecule is Cc1n(C)cc[n+]1C.O=S(=O)([O-])C(F)(F)C(F)(F)C(F)(F)C(F)(F)F. The Morgan fingerprint density at radius 2 is 1.40 bits per heavy atom. The molecular weight excluding hydrogens is 399 g/mol. The summed E-state index contributed by atoms with van der Waals surface area (Å²) in [7, 11) is -3.34. The van der Waals surface area contributed by atoms with E-state index >= 15 is 0 Å². The van der Waals surface area contributed by atoms with Crippen molar-refractivity contribution in [1.82, 2.24) is 4.57 Å². The summed E-state index contributed by atoms with van der Waals surface area (Å²) in [4.78, 5) is 0. The molecule has 25 heavy (non-hydrogen) atoms. The highest BCUT2D eigenvalue weighted by Crippen LogP contribution is 2.54. The highest BCUT2D eigenvalue weighted by Gasteiger charge is 2.83. The molecule has 0 unspecified atom stereocenters. The lowest BCUT2D eigenvalue weighted by molar-refractivity contribution is -0.677. The van der Waals surface area contributed by atoms with Crippen LogP contribution in [0.4, 0.5) is 39.5 Å². The Morgan fingerprint density at radius 3 is 1.56 bits per heavy atom. The molecule has 0 aliphatic rings. The molecule has 0 spiro atoms. The van der Waals surface area contributed by atoms with E-state index in [9.17, 15) is 52.5 Å². The van der Waals surface area contributed by atoms with E-state index in [1.165, 1.54) is 5.82 Å². The fraction of sp³-hybridized carbons (Fsp3) is 0.700. The second kappa shape index (κ2) is 6.66. The quantitative estimate of drug-likeness (QED) is 0.436. The Balaban J connectivity index is 0.000000593. The zero-order valence-corrected chi connectivity index (χ0v) is 13.4. The Morgan fingerprint density at radius 1 is 1.00 bits per heavy atom. The molecule has 0 saturated heterocycles. The zero-order valence-electron chi connectivity index (χ0n) is 12.6. The molecule has 0 amide bonds. The minimum atomic E-state index is -7.43. The molecule has 148 valence electrons. The maximum absolute atomic E-state index is 12.2. The molecule has 0 fully saturated rings. The highest BCUT2D eigenvalue weighted by atomic mass is 32.2. The van der Waals surface area contributed by atoms with E-state index in [2.05, 4.69) is 16.1 Å². The van der Waals surface area contributed by atoms with Crippen molar-refractivity contribution in [2.75, 3.05) is 0 Å². The molecule has 0 aliphatic heterocycles. The zero-order chi connectivity index (χ0) is 20.6. The normalized spacial score (nSPS) is 14.1. The largest absolute Gasteiger partial charge is 0.743 e. The van der Waals surface area contributed by atoms with Crippen LogP contribution in [0, 0.1) is 6.92 Å².